The fraction of sp³-hybridized carbons (Fsp3) is 0.455. The lowest BCUT2D eigenvalue weighted by Crippen LogP contribution is -1.98. The zero-order chi connectivity index (χ0) is 14.8. The lowest BCUT2D eigenvalue weighted by atomic mass is 10.2. The van der Waals surface area contributed by atoms with Gasteiger partial charge in [-0.05, 0) is 16.7 Å². The third-order valence-corrected chi connectivity index (χ3v) is 2.64. The van der Waals surface area contributed by atoms with Crippen LogP contribution in [0.4, 0.5) is 5.69 Å². The first kappa shape index (κ1) is 17.9. The minimum atomic E-state index is -3.02. The smallest absolute Gasteiger partial charge is 0.488 e. The van der Waals surface area contributed by atoms with E-state index in [0.717, 1.165) is 6.07 Å². The SMILES string of the molecule is CCCC.O=[N+]([O-])c1cc(Cl)ccc1CO[P+](=O)[O-]. The molecule has 0 aliphatic rings. The first-order valence-corrected chi connectivity index (χ1v) is 7.09. The highest BCUT2D eigenvalue weighted by Gasteiger charge is 2.16. The molecule has 0 saturated heterocycles. The molecule has 0 saturated carbocycles. The second-order valence-corrected chi connectivity index (χ2v) is 4.67. The third kappa shape index (κ3) is 7.85. The summed E-state index contributed by atoms with van der Waals surface area (Å²) < 4.78 is 14.4. The Balaban J connectivity index is 0.000000711. The van der Waals surface area contributed by atoms with Gasteiger partial charge in [-0.25, -0.2) is 0 Å². The molecule has 1 aromatic rings. The van der Waals surface area contributed by atoms with Crippen LogP contribution >= 0.6 is 19.9 Å². The molecule has 8 heteroatoms. The maximum atomic E-state index is 10.6. The van der Waals surface area contributed by atoms with E-state index in [0.29, 0.717) is 0 Å². The van der Waals surface area contributed by atoms with Gasteiger partial charge >= 0.3 is 8.25 Å². The van der Waals surface area contributed by atoms with E-state index in [1.54, 1.807) is 0 Å². The van der Waals surface area contributed by atoms with Gasteiger partial charge in [-0.2, -0.15) is 0 Å². The van der Waals surface area contributed by atoms with Crippen molar-refractivity contribution in [2.24, 2.45) is 0 Å². The first-order chi connectivity index (χ1) is 8.92. The van der Waals surface area contributed by atoms with Gasteiger partial charge in [0, 0.05) is 11.1 Å². The Kier molecular flexibility index (Phi) is 9.26. The topological polar surface area (TPSA) is 92.5 Å². The number of nitrogens with zero attached hydrogens (tertiary/aromatic N) is 1. The largest absolute Gasteiger partial charge is 0.566 e. The monoisotopic (exact) mass is 307 g/mol. The number of rotatable bonds is 5. The molecule has 1 unspecified atom stereocenters. The Bertz CT molecular complexity index is 439. The molecule has 0 fully saturated rings. The van der Waals surface area contributed by atoms with Crippen molar-refractivity contribution in [2.45, 2.75) is 33.3 Å². The molecule has 0 heterocycles. The third-order valence-electron chi connectivity index (χ3n) is 2.07. The van der Waals surface area contributed by atoms with E-state index >= 15 is 0 Å². The minimum absolute atomic E-state index is 0.156. The van der Waals surface area contributed by atoms with Gasteiger partial charge in [0.2, 0.25) is 0 Å². The highest BCUT2D eigenvalue weighted by atomic mass is 35.5. The fourth-order valence-electron chi connectivity index (χ4n) is 0.951. The van der Waals surface area contributed by atoms with Crippen LogP contribution < -0.4 is 4.89 Å². The highest BCUT2D eigenvalue weighted by Crippen LogP contribution is 2.25. The van der Waals surface area contributed by atoms with Crippen molar-refractivity contribution in [3.63, 3.8) is 0 Å². The second-order valence-electron chi connectivity index (χ2n) is 3.53. The van der Waals surface area contributed by atoms with E-state index in [-0.39, 0.29) is 22.9 Å². The Morgan fingerprint density at radius 2 is 1.95 bits per heavy atom. The van der Waals surface area contributed by atoms with Crippen LogP contribution in [0.5, 0.6) is 0 Å². The fourth-order valence-corrected chi connectivity index (χ4v) is 1.36. The maximum Gasteiger partial charge on any atom is 0.488 e. The van der Waals surface area contributed by atoms with Crippen LogP contribution in [0.25, 0.3) is 0 Å². The summed E-state index contributed by atoms with van der Waals surface area (Å²) in [7, 11) is -3.02. The molecule has 0 aliphatic heterocycles. The summed E-state index contributed by atoms with van der Waals surface area (Å²) in [6, 6.07) is 3.91. The highest BCUT2D eigenvalue weighted by molar-refractivity contribution is 7.30. The maximum absolute atomic E-state index is 10.6. The number of nitro benzene ring substituents is 1. The van der Waals surface area contributed by atoms with E-state index in [4.69, 9.17) is 11.6 Å². The summed E-state index contributed by atoms with van der Waals surface area (Å²) in [5.41, 5.74) is -0.108. The quantitative estimate of drug-likeness (QED) is 0.471. The van der Waals surface area contributed by atoms with Crippen molar-refractivity contribution < 1.29 is 18.9 Å². The van der Waals surface area contributed by atoms with Gasteiger partial charge in [-0.3, -0.25) is 10.1 Å². The molecule has 106 valence electrons. The van der Waals surface area contributed by atoms with Gasteiger partial charge in [0.25, 0.3) is 5.69 Å². The minimum Gasteiger partial charge on any atom is -0.566 e. The molecule has 0 aromatic heterocycles. The molecule has 0 N–H and O–H groups in total. The number of hydrogen-bond donors (Lipinski definition) is 0. The number of nitro groups is 1. The van der Waals surface area contributed by atoms with Crippen molar-refractivity contribution in [3.05, 3.63) is 38.9 Å². The Hall–Kier alpha value is -1.07. The molecular weight excluding hydrogens is 293 g/mol. The normalized spacial score (nSPS) is 10.4. The van der Waals surface area contributed by atoms with Crippen LogP contribution in [0.1, 0.15) is 32.3 Å². The number of hydrogen-bond acceptors (Lipinski definition) is 5. The summed E-state index contributed by atoms with van der Waals surface area (Å²) in [6.07, 6.45) is 2.64. The van der Waals surface area contributed by atoms with Gasteiger partial charge in [0.1, 0.15) is 6.61 Å². The lowest BCUT2D eigenvalue weighted by Gasteiger charge is -1.99. The molecule has 0 spiro atoms. The van der Waals surface area contributed by atoms with Crippen LogP contribution in [0.15, 0.2) is 18.2 Å². The van der Waals surface area contributed by atoms with Crippen LogP contribution in [-0.4, -0.2) is 4.92 Å². The van der Waals surface area contributed by atoms with Gasteiger partial charge in [-0.1, -0.05) is 38.3 Å². The van der Waals surface area contributed by atoms with E-state index in [1.165, 1.54) is 25.0 Å². The molecule has 0 bridgehead atoms. The van der Waals surface area contributed by atoms with Crippen molar-refractivity contribution in [1.82, 2.24) is 0 Å². The molecule has 0 aliphatic carbocycles. The van der Waals surface area contributed by atoms with E-state index < -0.39 is 13.2 Å². The zero-order valence-electron chi connectivity index (χ0n) is 10.7. The molecule has 0 amide bonds. The van der Waals surface area contributed by atoms with Gasteiger partial charge in [-0.15, -0.1) is 4.52 Å². The van der Waals surface area contributed by atoms with Gasteiger partial charge in [0.05, 0.1) is 10.5 Å². The summed E-state index contributed by atoms with van der Waals surface area (Å²) in [4.78, 5) is 20.0. The van der Waals surface area contributed by atoms with Crippen LogP contribution in [-0.2, 0) is 15.7 Å². The van der Waals surface area contributed by atoms with E-state index in [2.05, 4.69) is 18.4 Å². The molecule has 19 heavy (non-hydrogen) atoms. The van der Waals surface area contributed by atoms with Crippen molar-refractivity contribution >= 4 is 25.5 Å². The van der Waals surface area contributed by atoms with Gasteiger partial charge in [0.15, 0.2) is 0 Å². The molecule has 0 radical (unpaired) electrons. The van der Waals surface area contributed by atoms with Crippen molar-refractivity contribution in [2.75, 3.05) is 0 Å². The number of unbranched alkanes of at least 4 members (excludes halogenated alkanes) is 1. The van der Waals surface area contributed by atoms with E-state index in [9.17, 15) is 19.6 Å². The first-order valence-electron chi connectivity index (χ1n) is 5.62. The summed E-state index contributed by atoms with van der Waals surface area (Å²) >= 11 is 5.56. The summed E-state index contributed by atoms with van der Waals surface area (Å²) in [5, 5.41) is 10.8. The molecule has 1 rings (SSSR count). The number of benzene rings is 1. The van der Waals surface area contributed by atoms with Crippen LogP contribution in [0, 0.1) is 10.1 Å². The van der Waals surface area contributed by atoms with Crippen molar-refractivity contribution in [1.29, 1.82) is 0 Å². The number of halogens is 1. The molecule has 1 atom stereocenters. The average molecular weight is 308 g/mol. The molecular formula is C11H15ClNO5P. The van der Waals surface area contributed by atoms with E-state index in [1.807, 2.05) is 0 Å². The summed E-state index contributed by atoms with van der Waals surface area (Å²) in [6.45, 7) is 3.99. The Morgan fingerprint density at radius 3 is 2.37 bits per heavy atom. The zero-order valence-corrected chi connectivity index (χ0v) is 12.3. The molecule has 1 aromatic carbocycles. The second kappa shape index (κ2) is 9.81. The predicted octanol–water partition coefficient (Wildman–Crippen LogP) is 3.59. The van der Waals surface area contributed by atoms with Gasteiger partial charge < -0.3 is 4.89 Å². The lowest BCUT2D eigenvalue weighted by molar-refractivity contribution is -0.385. The molecule has 6 nitrogen and oxygen atoms in total. The predicted molar refractivity (Wildman–Crippen MR) is 71.1 cm³/mol. The Labute approximate surface area is 117 Å². The van der Waals surface area contributed by atoms with Crippen LogP contribution in [0.3, 0.4) is 0 Å². The van der Waals surface area contributed by atoms with Crippen molar-refractivity contribution in [3.8, 4) is 0 Å². The van der Waals surface area contributed by atoms with Crippen LogP contribution in [0.2, 0.25) is 5.02 Å². The Morgan fingerprint density at radius 1 is 1.37 bits per heavy atom. The summed E-state index contributed by atoms with van der Waals surface area (Å²) in [5.74, 6) is 0. The average Bonchev–Trinajstić information content (AvgIpc) is 2.37. The standard InChI is InChI=1S/C7H5ClNO5P.C4H10/c8-6-2-1-5(4-14-15(12)13)7(3-6)9(10)11;1-3-4-2/h1-3H,4H2;3-4H2,1-2H3.